The van der Waals surface area contributed by atoms with Crippen LogP contribution >= 0.6 is 0 Å². The Balaban J connectivity index is 0.990. The number of allylic oxidation sites excluding steroid dienone is 17. The van der Waals surface area contributed by atoms with Gasteiger partial charge in [0.05, 0.1) is 0 Å². The first-order valence-corrected chi connectivity index (χ1v) is 22.5. The van der Waals surface area contributed by atoms with Crippen LogP contribution in [0.2, 0.25) is 0 Å². The summed E-state index contributed by atoms with van der Waals surface area (Å²) < 4.78 is 11.9. The molecule has 0 atom stereocenters. The van der Waals surface area contributed by atoms with Gasteiger partial charge in [-0.15, -0.1) is 0 Å². The molecule has 2 heterocycles. The lowest BCUT2D eigenvalue weighted by Gasteiger charge is -2.25. The van der Waals surface area contributed by atoms with Gasteiger partial charge in [-0.1, -0.05) is 148 Å². The molecule has 0 unspecified atom stereocenters. The molecule has 5 aromatic carbocycles. The Hall–Kier alpha value is -8.74. The van der Waals surface area contributed by atoms with Gasteiger partial charge in [0, 0.05) is 45.8 Å². The summed E-state index contributed by atoms with van der Waals surface area (Å²) in [6.07, 6.45) is 32.9. The number of nitrogens with zero attached hydrogens (tertiary/aromatic N) is 4. The Labute approximate surface area is 400 Å². The largest absolute Gasteiger partial charge is 0.436 e. The molecule has 0 saturated carbocycles. The Bertz CT molecular complexity index is 3210. The fourth-order valence-electron chi connectivity index (χ4n) is 7.39. The maximum absolute atomic E-state index is 6.02. The first kappa shape index (κ1) is 47.2. The lowest BCUT2D eigenvalue weighted by atomic mass is 10.0. The van der Waals surface area contributed by atoms with Gasteiger partial charge < -0.3 is 18.6 Å². The van der Waals surface area contributed by atoms with Gasteiger partial charge in [-0.05, 0) is 147 Å². The van der Waals surface area contributed by atoms with Crippen molar-refractivity contribution < 1.29 is 8.83 Å². The minimum absolute atomic E-state index is 0.519. The molecule has 2 aromatic heterocycles. The number of aromatic nitrogens is 2. The monoisotopic (exact) mass is 888 g/mol. The van der Waals surface area contributed by atoms with E-state index in [1.807, 2.05) is 103 Å². The molecule has 7 aromatic rings. The summed E-state index contributed by atoms with van der Waals surface area (Å²) >= 11 is 0. The van der Waals surface area contributed by atoms with E-state index in [2.05, 4.69) is 170 Å². The predicted octanol–water partition coefficient (Wildman–Crippen LogP) is 15.1. The number of hydrogen-bond acceptors (Lipinski definition) is 6. The summed E-state index contributed by atoms with van der Waals surface area (Å²) in [5.41, 5.74) is 13.5. The van der Waals surface area contributed by atoms with Crippen LogP contribution in [0.1, 0.15) is 31.9 Å². The molecule has 0 N–H and O–H groups in total. The van der Waals surface area contributed by atoms with Crippen molar-refractivity contribution in [1.82, 2.24) is 9.97 Å². The lowest BCUT2D eigenvalue weighted by molar-refractivity contribution is 0.540. The van der Waals surface area contributed by atoms with Gasteiger partial charge in [0.2, 0.25) is 11.8 Å². The predicted molar refractivity (Wildman–Crippen MR) is 288 cm³/mol. The van der Waals surface area contributed by atoms with E-state index in [0.717, 1.165) is 62.7 Å². The molecule has 0 amide bonds. The van der Waals surface area contributed by atoms with E-state index in [4.69, 9.17) is 8.83 Å². The second kappa shape index (κ2) is 23.4. The van der Waals surface area contributed by atoms with Crippen LogP contribution in [0, 0.1) is 0 Å². The highest BCUT2D eigenvalue weighted by Gasteiger charge is 2.14. The van der Waals surface area contributed by atoms with Crippen molar-refractivity contribution >= 4 is 46.4 Å². The highest BCUT2D eigenvalue weighted by Crippen LogP contribution is 2.33. The molecule has 7 rings (SSSR count). The SMILES string of the molecule is C=C/C=C\C=C\N(/C(C)=C/C=C\Cc1cccc(/C(C)=C/C(=C\C)/C=C/C=C\C(=C)N(c2ccccc2)c2ccc(-c3nc4ccccc4o3)cc2)c1)c1ccc(-c2nc(=C)/c(=C\C=C)o2)cc1. The van der Waals surface area contributed by atoms with E-state index >= 15 is 0 Å². The molecular weight excluding hydrogens is 833 g/mol. The lowest BCUT2D eigenvalue weighted by Crippen LogP contribution is -2.19. The first-order valence-electron chi connectivity index (χ1n) is 22.5. The zero-order chi connectivity index (χ0) is 47.7. The fraction of sp³-hybridized carbons (Fsp3) is 0.0645. The molecule has 0 fully saturated rings. The molecule has 0 spiro atoms. The van der Waals surface area contributed by atoms with Gasteiger partial charge in [-0.25, -0.2) is 9.97 Å². The third-order valence-corrected chi connectivity index (χ3v) is 10.9. The summed E-state index contributed by atoms with van der Waals surface area (Å²) in [5, 5.41) is 0.580. The maximum atomic E-state index is 6.02. The van der Waals surface area contributed by atoms with E-state index in [-0.39, 0.29) is 0 Å². The Kier molecular flexibility index (Phi) is 16.3. The topological polar surface area (TPSA) is 58.5 Å². The Morgan fingerprint density at radius 3 is 2.07 bits per heavy atom. The minimum atomic E-state index is 0.519. The standard InChI is InChI=1S/C62H56N4O2/c1-8-11-12-22-43-65(55-39-35-52(36-40-55)61-63-49(7)59(67-61)24-9-2)47(5)25-16-19-28-51-29-23-30-54(45-51)46(4)44-50(10-3)27-18-17-26-48(6)66(56-31-14-13-15-32-56)57-41-37-53(38-42-57)62-64-58-33-20-21-34-60(58)68-62/h8-27,29-45H,1-2,6-7,28H2,3-5H3/b12-11-,19-16-,26-17-,27-18+,43-22+,46-44+,47-25+,50-10-,59-24+. The highest BCUT2D eigenvalue weighted by atomic mass is 16.4. The number of fused-ring (bicyclic) bond motifs is 1. The molecule has 6 nitrogen and oxygen atoms in total. The minimum Gasteiger partial charge on any atom is -0.436 e. The summed E-state index contributed by atoms with van der Waals surface area (Å²) in [4.78, 5) is 13.4. The number of rotatable bonds is 19. The van der Waals surface area contributed by atoms with Crippen molar-refractivity contribution in [3.63, 3.8) is 0 Å². The molecule has 6 heteroatoms. The van der Waals surface area contributed by atoms with E-state index in [1.165, 1.54) is 16.7 Å². The molecular formula is C62H56N4O2. The summed E-state index contributed by atoms with van der Waals surface area (Å²) in [5.74, 6) is 1.11. The van der Waals surface area contributed by atoms with Crippen LogP contribution in [0.25, 0.3) is 52.2 Å². The van der Waals surface area contributed by atoms with Crippen LogP contribution in [-0.2, 0) is 6.42 Å². The number of oxazole rings is 2. The number of hydrogen-bond donors (Lipinski definition) is 0. The third-order valence-electron chi connectivity index (χ3n) is 10.9. The highest BCUT2D eigenvalue weighted by molar-refractivity contribution is 5.77. The molecule has 0 radical (unpaired) electrons. The van der Waals surface area contributed by atoms with Gasteiger partial charge in [0.15, 0.2) is 11.0 Å². The van der Waals surface area contributed by atoms with Crippen LogP contribution < -0.4 is 20.6 Å². The van der Waals surface area contributed by atoms with Crippen molar-refractivity contribution in [2.45, 2.75) is 27.2 Å². The van der Waals surface area contributed by atoms with Crippen LogP contribution in [0.3, 0.4) is 0 Å². The average molecular weight is 889 g/mol. The van der Waals surface area contributed by atoms with Crippen molar-refractivity contribution in [3.8, 4) is 22.9 Å². The summed E-state index contributed by atoms with van der Waals surface area (Å²) in [7, 11) is 0. The van der Waals surface area contributed by atoms with Crippen molar-refractivity contribution in [2.75, 3.05) is 9.80 Å². The molecule has 0 aliphatic carbocycles. The fourth-order valence-corrected chi connectivity index (χ4v) is 7.39. The van der Waals surface area contributed by atoms with Gasteiger partial charge in [0.1, 0.15) is 10.9 Å². The quantitative estimate of drug-likeness (QED) is 0.0754. The summed E-state index contributed by atoms with van der Waals surface area (Å²) in [6.45, 7) is 22.3. The third kappa shape index (κ3) is 12.3. The normalized spacial score (nSPS) is 13.0. The molecule has 0 aliphatic rings. The Morgan fingerprint density at radius 2 is 1.35 bits per heavy atom. The summed E-state index contributed by atoms with van der Waals surface area (Å²) in [6, 6.07) is 43.1. The zero-order valence-corrected chi connectivity index (χ0v) is 39.0. The van der Waals surface area contributed by atoms with Gasteiger partial charge in [0.25, 0.3) is 0 Å². The first-order chi connectivity index (χ1) is 33.2. The van der Waals surface area contributed by atoms with Crippen LogP contribution in [0.15, 0.2) is 264 Å². The molecule has 0 bridgehead atoms. The second-order valence-electron chi connectivity index (χ2n) is 15.8. The molecule has 0 aliphatic heterocycles. The Morgan fingerprint density at radius 1 is 0.662 bits per heavy atom. The molecule has 68 heavy (non-hydrogen) atoms. The van der Waals surface area contributed by atoms with E-state index < -0.39 is 0 Å². The molecule has 336 valence electrons. The van der Waals surface area contributed by atoms with E-state index in [9.17, 15) is 0 Å². The van der Waals surface area contributed by atoms with E-state index in [1.54, 1.807) is 18.2 Å². The van der Waals surface area contributed by atoms with Crippen molar-refractivity contribution in [3.05, 3.63) is 277 Å². The number of anilines is 3. The van der Waals surface area contributed by atoms with Crippen LogP contribution in [0.4, 0.5) is 17.1 Å². The van der Waals surface area contributed by atoms with E-state index in [0.29, 0.717) is 22.5 Å². The average Bonchev–Trinajstić information content (AvgIpc) is 3.98. The number of benzene rings is 5. The van der Waals surface area contributed by atoms with Crippen molar-refractivity contribution in [1.29, 1.82) is 0 Å². The van der Waals surface area contributed by atoms with Gasteiger partial charge >= 0.3 is 0 Å². The van der Waals surface area contributed by atoms with Gasteiger partial charge in [-0.3, -0.25) is 0 Å². The van der Waals surface area contributed by atoms with Crippen molar-refractivity contribution in [2.24, 2.45) is 0 Å². The maximum Gasteiger partial charge on any atom is 0.227 e. The van der Waals surface area contributed by atoms with Crippen LogP contribution in [0.5, 0.6) is 0 Å². The molecule has 0 saturated heterocycles. The number of para-hydroxylation sites is 3. The smallest absolute Gasteiger partial charge is 0.227 e. The second-order valence-corrected chi connectivity index (χ2v) is 15.8. The zero-order valence-electron chi connectivity index (χ0n) is 39.0. The van der Waals surface area contributed by atoms with Crippen LogP contribution in [-0.4, -0.2) is 9.97 Å². The van der Waals surface area contributed by atoms with Gasteiger partial charge in [-0.2, -0.15) is 0 Å².